The highest BCUT2D eigenvalue weighted by Gasteiger charge is 2.30. The molecule has 3 heterocycles. The van der Waals surface area contributed by atoms with E-state index in [1.165, 1.54) is 0 Å². The fraction of sp³-hybridized carbons (Fsp3) is 0.348. The molecule has 0 spiro atoms. The normalized spacial score (nSPS) is 12.2. The fourth-order valence-electron chi connectivity index (χ4n) is 3.18. The highest BCUT2D eigenvalue weighted by atomic mass is 14.8. The Labute approximate surface area is 156 Å². The van der Waals surface area contributed by atoms with E-state index in [0.29, 0.717) is 0 Å². The number of hydrogen-bond acceptors (Lipinski definition) is 3. The van der Waals surface area contributed by atoms with E-state index in [4.69, 9.17) is 15.0 Å². The minimum atomic E-state index is -0.266. The van der Waals surface area contributed by atoms with Crippen molar-refractivity contribution in [2.45, 2.75) is 52.4 Å². The molecule has 0 aliphatic carbocycles. The van der Waals surface area contributed by atoms with Crippen molar-refractivity contribution in [3.63, 3.8) is 0 Å². The highest BCUT2D eigenvalue weighted by Crippen LogP contribution is 2.33. The molecule has 0 bridgehead atoms. The molecule has 3 heteroatoms. The second kappa shape index (κ2) is 6.64. The lowest BCUT2D eigenvalue weighted by molar-refractivity contribution is 0.555. The summed E-state index contributed by atoms with van der Waals surface area (Å²) in [5, 5.41) is 0. The van der Waals surface area contributed by atoms with E-state index in [9.17, 15) is 0 Å². The molecule has 0 fully saturated rings. The Morgan fingerprint density at radius 3 is 1.15 bits per heavy atom. The van der Waals surface area contributed by atoms with Gasteiger partial charge in [-0.15, -0.1) is 0 Å². The van der Waals surface area contributed by atoms with Gasteiger partial charge in [0.1, 0.15) is 0 Å². The predicted molar refractivity (Wildman–Crippen MR) is 106 cm³/mol. The van der Waals surface area contributed by atoms with Gasteiger partial charge in [-0.05, 0) is 77.9 Å². The van der Waals surface area contributed by atoms with Gasteiger partial charge in [0.25, 0.3) is 0 Å². The number of aryl methyl sites for hydroxylation is 2. The molecule has 3 aromatic heterocycles. The third-order valence-corrected chi connectivity index (χ3v) is 5.09. The van der Waals surface area contributed by atoms with Crippen LogP contribution in [0.5, 0.6) is 0 Å². The molecule has 0 saturated heterocycles. The summed E-state index contributed by atoms with van der Waals surface area (Å²) in [6.45, 7) is 12.8. The summed E-state index contributed by atoms with van der Waals surface area (Å²) in [4.78, 5) is 14.5. The molecule has 3 rings (SSSR count). The third-order valence-electron chi connectivity index (χ3n) is 5.09. The molecule has 0 aliphatic rings. The molecule has 0 amide bonds. The van der Waals surface area contributed by atoms with Crippen molar-refractivity contribution in [3.8, 4) is 0 Å². The number of rotatable bonds is 4. The predicted octanol–water partition coefficient (Wildman–Crippen LogP) is 5.14. The first-order valence-electron chi connectivity index (χ1n) is 9.07. The van der Waals surface area contributed by atoms with Gasteiger partial charge >= 0.3 is 0 Å². The first kappa shape index (κ1) is 18.2. The zero-order valence-corrected chi connectivity index (χ0v) is 16.5. The smallest absolute Gasteiger partial charge is 0.0523 e. The second-order valence-corrected chi connectivity index (χ2v) is 7.99. The van der Waals surface area contributed by atoms with Crippen LogP contribution in [0.1, 0.15) is 61.9 Å². The van der Waals surface area contributed by atoms with E-state index in [1.54, 1.807) is 0 Å². The molecule has 0 radical (unpaired) electrons. The third kappa shape index (κ3) is 3.39. The number of aromatic nitrogens is 3. The average molecular weight is 345 g/mol. The lowest BCUT2D eigenvalue weighted by Crippen LogP contribution is -2.27. The second-order valence-electron chi connectivity index (χ2n) is 7.99. The summed E-state index contributed by atoms with van der Waals surface area (Å²) < 4.78 is 0. The minimum absolute atomic E-state index is 0.266. The van der Waals surface area contributed by atoms with E-state index >= 15 is 0 Å². The zero-order chi connectivity index (χ0) is 18.9. The van der Waals surface area contributed by atoms with Gasteiger partial charge < -0.3 is 0 Å². The van der Waals surface area contributed by atoms with Crippen LogP contribution < -0.4 is 0 Å². The maximum absolute atomic E-state index is 5.05. The maximum atomic E-state index is 5.05. The molecule has 3 aromatic rings. The lowest BCUT2D eigenvalue weighted by atomic mass is 9.81. The van der Waals surface area contributed by atoms with Gasteiger partial charge in [0.05, 0.1) is 22.8 Å². The van der Waals surface area contributed by atoms with Crippen LogP contribution in [0.2, 0.25) is 0 Å². The highest BCUT2D eigenvalue weighted by molar-refractivity contribution is 5.35. The minimum Gasteiger partial charge on any atom is -0.257 e. The summed E-state index contributed by atoms with van der Waals surface area (Å²) in [6.07, 6.45) is 0. The summed E-state index contributed by atoms with van der Waals surface area (Å²) in [7, 11) is 0. The molecular formula is C23H27N3. The van der Waals surface area contributed by atoms with Gasteiger partial charge in [-0.2, -0.15) is 0 Å². The number of nitrogens with zero attached hydrogens (tertiary/aromatic N) is 3. The van der Waals surface area contributed by atoms with Crippen molar-refractivity contribution < 1.29 is 0 Å². The molecule has 0 saturated carbocycles. The summed E-state index contributed by atoms with van der Waals surface area (Å²) in [5.41, 5.74) is 5.63. The number of hydrogen-bond donors (Lipinski definition) is 0. The molecule has 0 unspecified atom stereocenters. The molecule has 3 nitrogen and oxygen atoms in total. The zero-order valence-electron chi connectivity index (χ0n) is 16.5. The Morgan fingerprint density at radius 2 is 0.808 bits per heavy atom. The van der Waals surface area contributed by atoms with Crippen molar-refractivity contribution in [3.05, 3.63) is 88.8 Å². The van der Waals surface area contributed by atoms with Crippen LogP contribution in [0.15, 0.2) is 54.6 Å². The van der Waals surface area contributed by atoms with Crippen LogP contribution in [0.4, 0.5) is 0 Å². The Kier molecular flexibility index (Phi) is 4.66. The van der Waals surface area contributed by atoms with Crippen molar-refractivity contribution in [1.82, 2.24) is 15.0 Å². The SMILES string of the molecule is Cc1cccc(C(C)(C)c2cccc(C(C)(C)c3cccc(C)n3)n2)n1. The van der Waals surface area contributed by atoms with Gasteiger partial charge in [-0.3, -0.25) is 15.0 Å². The van der Waals surface area contributed by atoms with Gasteiger partial charge in [0.2, 0.25) is 0 Å². The van der Waals surface area contributed by atoms with Crippen molar-refractivity contribution in [1.29, 1.82) is 0 Å². The molecule has 0 aliphatic heterocycles. The summed E-state index contributed by atoms with van der Waals surface area (Å²) >= 11 is 0. The van der Waals surface area contributed by atoms with Gasteiger partial charge in [0.15, 0.2) is 0 Å². The van der Waals surface area contributed by atoms with Crippen LogP contribution in [-0.4, -0.2) is 15.0 Å². The van der Waals surface area contributed by atoms with E-state index in [2.05, 4.69) is 70.2 Å². The summed E-state index contributed by atoms with van der Waals surface area (Å²) in [6, 6.07) is 18.6. The molecule has 0 aromatic carbocycles. The van der Waals surface area contributed by atoms with Gasteiger partial charge in [0, 0.05) is 22.2 Å². The quantitative estimate of drug-likeness (QED) is 0.657. The topological polar surface area (TPSA) is 38.7 Å². The Morgan fingerprint density at radius 1 is 0.500 bits per heavy atom. The molecular weight excluding hydrogens is 318 g/mol. The van der Waals surface area contributed by atoms with Crippen LogP contribution in [-0.2, 0) is 10.8 Å². The molecule has 134 valence electrons. The van der Waals surface area contributed by atoms with Crippen LogP contribution >= 0.6 is 0 Å². The van der Waals surface area contributed by atoms with E-state index in [1.807, 2.05) is 26.0 Å². The standard InChI is InChI=1S/C23H27N3/c1-16-10-7-12-18(24-16)22(3,4)20-14-9-15-21(26-20)23(5,6)19-13-8-11-17(2)25-19/h7-15H,1-6H3. The van der Waals surface area contributed by atoms with Crippen molar-refractivity contribution in [2.24, 2.45) is 0 Å². The first-order chi connectivity index (χ1) is 12.2. The Bertz CT molecular complexity index is 853. The van der Waals surface area contributed by atoms with Crippen LogP contribution in [0, 0.1) is 13.8 Å². The summed E-state index contributed by atoms with van der Waals surface area (Å²) in [5.74, 6) is 0. The Hall–Kier alpha value is -2.55. The van der Waals surface area contributed by atoms with Crippen LogP contribution in [0.3, 0.4) is 0 Å². The Balaban J connectivity index is 2.05. The van der Waals surface area contributed by atoms with E-state index < -0.39 is 0 Å². The molecule has 0 atom stereocenters. The van der Waals surface area contributed by atoms with Crippen LogP contribution in [0.25, 0.3) is 0 Å². The van der Waals surface area contributed by atoms with Crippen molar-refractivity contribution >= 4 is 0 Å². The van der Waals surface area contributed by atoms with Gasteiger partial charge in [-0.1, -0.05) is 18.2 Å². The largest absolute Gasteiger partial charge is 0.257 e. The number of pyridine rings is 3. The first-order valence-corrected chi connectivity index (χ1v) is 9.07. The molecule has 0 N–H and O–H groups in total. The van der Waals surface area contributed by atoms with E-state index in [-0.39, 0.29) is 10.8 Å². The van der Waals surface area contributed by atoms with E-state index in [0.717, 1.165) is 34.2 Å². The average Bonchev–Trinajstić information content (AvgIpc) is 2.62. The lowest BCUT2D eigenvalue weighted by Gasteiger charge is -2.28. The van der Waals surface area contributed by atoms with Gasteiger partial charge in [-0.25, -0.2) is 0 Å². The monoisotopic (exact) mass is 345 g/mol. The molecule has 26 heavy (non-hydrogen) atoms. The van der Waals surface area contributed by atoms with Crippen molar-refractivity contribution in [2.75, 3.05) is 0 Å². The maximum Gasteiger partial charge on any atom is 0.0523 e. The fourth-order valence-corrected chi connectivity index (χ4v) is 3.18.